The standard InChI is InChI=1S/C15H13Cl2NO/c16-13-3-1-2-12(15(13)17)8-14(19)11-6-4-10(9-18)5-7-11/h1-7H,8-9,18H2. The number of hydrogen-bond donors (Lipinski definition) is 1. The lowest BCUT2D eigenvalue weighted by atomic mass is 10.0. The number of Topliss-reactive ketones (excluding diaryl/α,β-unsaturated/α-hetero) is 1. The van der Waals surface area contributed by atoms with Gasteiger partial charge in [-0.2, -0.15) is 0 Å². The van der Waals surface area contributed by atoms with Crippen LogP contribution in [0.1, 0.15) is 21.5 Å². The third-order valence-electron chi connectivity index (χ3n) is 2.89. The van der Waals surface area contributed by atoms with Gasteiger partial charge in [-0.05, 0) is 17.2 Å². The van der Waals surface area contributed by atoms with Crippen LogP contribution in [0.5, 0.6) is 0 Å². The van der Waals surface area contributed by atoms with Gasteiger partial charge in [0.25, 0.3) is 0 Å². The summed E-state index contributed by atoms with van der Waals surface area (Å²) in [6.45, 7) is 0.467. The molecule has 4 heteroatoms. The van der Waals surface area contributed by atoms with Crippen LogP contribution in [0.3, 0.4) is 0 Å². The van der Waals surface area contributed by atoms with Crippen molar-refractivity contribution in [3.05, 3.63) is 69.2 Å². The van der Waals surface area contributed by atoms with Gasteiger partial charge in [0.15, 0.2) is 5.78 Å². The summed E-state index contributed by atoms with van der Waals surface area (Å²) in [7, 11) is 0. The molecule has 0 heterocycles. The van der Waals surface area contributed by atoms with Crippen molar-refractivity contribution in [2.75, 3.05) is 0 Å². The van der Waals surface area contributed by atoms with E-state index in [1.54, 1.807) is 30.3 Å². The quantitative estimate of drug-likeness (QED) is 0.870. The molecule has 0 saturated heterocycles. The molecule has 0 amide bonds. The number of rotatable bonds is 4. The van der Waals surface area contributed by atoms with Crippen LogP contribution in [-0.2, 0) is 13.0 Å². The van der Waals surface area contributed by atoms with Crippen molar-refractivity contribution in [1.82, 2.24) is 0 Å². The van der Waals surface area contributed by atoms with Crippen molar-refractivity contribution in [2.24, 2.45) is 5.73 Å². The molecule has 98 valence electrons. The van der Waals surface area contributed by atoms with E-state index in [4.69, 9.17) is 28.9 Å². The Morgan fingerprint density at radius 1 is 1.05 bits per heavy atom. The van der Waals surface area contributed by atoms with Crippen LogP contribution in [0, 0.1) is 0 Å². The second-order valence-corrected chi connectivity index (χ2v) is 5.00. The summed E-state index contributed by atoms with van der Waals surface area (Å²) in [5, 5.41) is 0.904. The normalized spacial score (nSPS) is 10.5. The van der Waals surface area contributed by atoms with E-state index in [2.05, 4.69) is 0 Å². The average molecular weight is 294 g/mol. The first kappa shape index (κ1) is 14.1. The fraction of sp³-hybridized carbons (Fsp3) is 0.133. The molecule has 2 nitrogen and oxygen atoms in total. The Balaban J connectivity index is 2.18. The van der Waals surface area contributed by atoms with Gasteiger partial charge in [-0.1, -0.05) is 59.6 Å². The number of benzene rings is 2. The molecule has 0 atom stereocenters. The van der Waals surface area contributed by atoms with Crippen molar-refractivity contribution >= 4 is 29.0 Å². The molecule has 2 N–H and O–H groups in total. The zero-order valence-corrected chi connectivity index (χ0v) is 11.7. The van der Waals surface area contributed by atoms with E-state index in [1.165, 1.54) is 0 Å². The fourth-order valence-corrected chi connectivity index (χ4v) is 2.17. The third-order valence-corrected chi connectivity index (χ3v) is 3.75. The van der Waals surface area contributed by atoms with Gasteiger partial charge in [0.2, 0.25) is 0 Å². The molecule has 0 fully saturated rings. The average Bonchev–Trinajstić information content (AvgIpc) is 2.44. The van der Waals surface area contributed by atoms with Gasteiger partial charge < -0.3 is 5.73 Å². The maximum Gasteiger partial charge on any atom is 0.167 e. The number of halogens is 2. The summed E-state index contributed by atoms with van der Waals surface area (Å²) >= 11 is 12.0. The smallest absolute Gasteiger partial charge is 0.167 e. The predicted octanol–water partition coefficient (Wildman–Crippen LogP) is 3.88. The molecule has 0 radical (unpaired) electrons. The van der Waals surface area contributed by atoms with E-state index in [9.17, 15) is 4.79 Å². The highest BCUT2D eigenvalue weighted by Crippen LogP contribution is 2.26. The number of carbonyl (C=O) groups is 1. The van der Waals surface area contributed by atoms with Gasteiger partial charge in [-0.25, -0.2) is 0 Å². The number of carbonyl (C=O) groups excluding carboxylic acids is 1. The summed E-state index contributed by atoms with van der Waals surface area (Å²) in [5.41, 5.74) is 7.90. The molecule has 2 aromatic rings. The molecule has 19 heavy (non-hydrogen) atoms. The van der Waals surface area contributed by atoms with Crippen LogP contribution in [0.25, 0.3) is 0 Å². The lowest BCUT2D eigenvalue weighted by Gasteiger charge is -2.06. The molecule has 0 saturated carbocycles. The lowest BCUT2D eigenvalue weighted by molar-refractivity contribution is 0.0993. The van der Waals surface area contributed by atoms with Crippen molar-refractivity contribution in [2.45, 2.75) is 13.0 Å². The lowest BCUT2D eigenvalue weighted by Crippen LogP contribution is -2.05. The van der Waals surface area contributed by atoms with E-state index in [0.29, 0.717) is 22.2 Å². The molecule has 0 aliphatic heterocycles. The van der Waals surface area contributed by atoms with Gasteiger partial charge in [0, 0.05) is 18.5 Å². The highest BCUT2D eigenvalue weighted by Gasteiger charge is 2.11. The first-order valence-electron chi connectivity index (χ1n) is 5.87. The summed E-state index contributed by atoms with van der Waals surface area (Å²) in [6.07, 6.45) is 0.237. The highest BCUT2D eigenvalue weighted by atomic mass is 35.5. The summed E-state index contributed by atoms with van der Waals surface area (Å²) in [6, 6.07) is 12.6. The van der Waals surface area contributed by atoms with E-state index >= 15 is 0 Å². The minimum atomic E-state index is 0.00716. The Labute approximate surface area is 122 Å². The van der Waals surface area contributed by atoms with Crippen LogP contribution in [-0.4, -0.2) is 5.78 Å². The van der Waals surface area contributed by atoms with Gasteiger partial charge in [0.1, 0.15) is 0 Å². The first-order chi connectivity index (χ1) is 9.11. The minimum absolute atomic E-state index is 0.00716. The van der Waals surface area contributed by atoms with Gasteiger partial charge in [0.05, 0.1) is 10.0 Å². The van der Waals surface area contributed by atoms with Crippen molar-refractivity contribution in [3.63, 3.8) is 0 Å². The van der Waals surface area contributed by atoms with Gasteiger partial charge in [-0.15, -0.1) is 0 Å². The van der Waals surface area contributed by atoms with Crippen molar-refractivity contribution in [1.29, 1.82) is 0 Å². The van der Waals surface area contributed by atoms with Crippen LogP contribution >= 0.6 is 23.2 Å². The Morgan fingerprint density at radius 2 is 1.74 bits per heavy atom. The summed E-state index contributed by atoms with van der Waals surface area (Å²) in [5.74, 6) is 0.00716. The number of ketones is 1. The van der Waals surface area contributed by atoms with E-state index in [1.807, 2.05) is 12.1 Å². The molecular weight excluding hydrogens is 281 g/mol. The van der Waals surface area contributed by atoms with Crippen LogP contribution < -0.4 is 5.73 Å². The SMILES string of the molecule is NCc1ccc(C(=O)Cc2cccc(Cl)c2Cl)cc1. The molecule has 0 bridgehead atoms. The second-order valence-electron chi connectivity index (χ2n) is 4.21. The van der Waals surface area contributed by atoms with E-state index in [-0.39, 0.29) is 12.2 Å². The minimum Gasteiger partial charge on any atom is -0.326 e. The maximum absolute atomic E-state index is 12.1. The van der Waals surface area contributed by atoms with E-state index in [0.717, 1.165) is 11.1 Å². The third kappa shape index (κ3) is 3.35. The predicted molar refractivity (Wildman–Crippen MR) is 78.8 cm³/mol. The summed E-state index contributed by atoms with van der Waals surface area (Å²) in [4.78, 5) is 12.1. The summed E-state index contributed by atoms with van der Waals surface area (Å²) < 4.78 is 0. The number of hydrogen-bond acceptors (Lipinski definition) is 2. The first-order valence-corrected chi connectivity index (χ1v) is 6.62. The molecule has 0 aliphatic carbocycles. The topological polar surface area (TPSA) is 43.1 Å². The van der Waals surface area contributed by atoms with Crippen LogP contribution in [0.4, 0.5) is 0 Å². The van der Waals surface area contributed by atoms with Gasteiger partial charge in [-0.3, -0.25) is 4.79 Å². The molecular formula is C15H13Cl2NO. The Bertz CT molecular complexity index is 594. The molecule has 0 unspecified atom stereocenters. The second kappa shape index (κ2) is 6.20. The molecule has 2 aromatic carbocycles. The Hall–Kier alpha value is -1.35. The largest absolute Gasteiger partial charge is 0.326 e. The maximum atomic E-state index is 12.1. The van der Waals surface area contributed by atoms with Crippen LogP contribution in [0.15, 0.2) is 42.5 Å². The molecule has 0 spiro atoms. The van der Waals surface area contributed by atoms with E-state index < -0.39 is 0 Å². The van der Waals surface area contributed by atoms with Crippen molar-refractivity contribution < 1.29 is 4.79 Å². The zero-order valence-electron chi connectivity index (χ0n) is 10.2. The fourth-order valence-electron chi connectivity index (χ4n) is 1.79. The Kier molecular flexibility index (Phi) is 4.59. The monoisotopic (exact) mass is 293 g/mol. The molecule has 0 aliphatic rings. The highest BCUT2D eigenvalue weighted by molar-refractivity contribution is 6.42. The van der Waals surface area contributed by atoms with Gasteiger partial charge >= 0.3 is 0 Å². The zero-order chi connectivity index (χ0) is 13.8. The van der Waals surface area contributed by atoms with Crippen molar-refractivity contribution in [3.8, 4) is 0 Å². The molecule has 2 rings (SSSR count). The molecule has 0 aromatic heterocycles. The van der Waals surface area contributed by atoms with Crippen LogP contribution in [0.2, 0.25) is 10.0 Å². The number of nitrogens with two attached hydrogens (primary N) is 1. The Morgan fingerprint density at radius 3 is 2.37 bits per heavy atom.